The van der Waals surface area contributed by atoms with Crippen molar-refractivity contribution in [2.45, 2.75) is 32.7 Å². The predicted octanol–water partition coefficient (Wildman–Crippen LogP) is 3.37. The number of rotatable bonds is 7. The van der Waals surface area contributed by atoms with Gasteiger partial charge in [0.05, 0.1) is 10.6 Å². The average Bonchev–Trinajstić information content (AvgIpc) is 2.85. The minimum Gasteiger partial charge on any atom is -0.477 e. The van der Waals surface area contributed by atoms with E-state index in [1.165, 1.54) is 22.8 Å². The number of hydrogen-bond acceptors (Lipinski definition) is 5. The van der Waals surface area contributed by atoms with Crippen molar-refractivity contribution in [1.82, 2.24) is 4.57 Å². The lowest BCUT2D eigenvalue weighted by Gasteiger charge is -2.08. The Hall–Kier alpha value is -2.48. The number of nitro groups is 1. The molecule has 1 aromatic heterocycles. The summed E-state index contributed by atoms with van der Waals surface area (Å²) in [5, 5.41) is 20.3. The van der Waals surface area contributed by atoms with Crippen molar-refractivity contribution in [1.29, 1.82) is 0 Å². The van der Waals surface area contributed by atoms with E-state index < -0.39 is 10.9 Å². The quantitative estimate of drug-likeness (QED) is 0.474. The maximum absolute atomic E-state index is 12.1. The largest absolute Gasteiger partial charge is 0.477 e. The molecule has 0 aliphatic carbocycles. The molecule has 0 atom stereocenters. The van der Waals surface area contributed by atoms with Crippen LogP contribution in [-0.4, -0.2) is 20.6 Å². The summed E-state index contributed by atoms with van der Waals surface area (Å²) < 4.78 is 1.41. The smallest absolute Gasteiger partial charge is 0.348 e. The van der Waals surface area contributed by atoms with Crippen LogP contribution in [0.25, 0.3) is 11.3 Å². The molecule has 0 spiro atoms. The number of non-ortho nitro benzene ring substituents is 1. The number of unbranched alkanes of at least 4 members (excludes halogenated alkanes) is 2. The molecule has 1 aromatic carbocycles. The first-order valence-corrected chi connectivity index (χ1v) is 7.99. The topological polar surface area (TPSA) is 102 Å². The summed E-state index contributed by atoms with van der Waals surface area (Å²) in [5.41, 5.74) is 0.469. The number of carboxylic acid groups (broad SMARTS) is 1. The third kappa shape index (κ3) is 3.65. The maximum atomic E-state index is 12.1. The number of hydrogen-bond donors (Lipinski definition) is 1. The van der Waals surface area contributed by atoms with Crippen LogP contribution < -0.4 is 4.87 Å². The second-order valence-electron chi connectivity index (χ2n) is 5.02. The summed E-state index contributed by atoms with van der Waals surface area (Å²) in [7, 11) is 0. The average molecular weight is 336 g/mol. The van der Waals surface area contributed by atoms with Gasteiger partial charge in [-0.2, -0.15) is 0 Å². The molecule has 7 nitrogen and oxygen atoms in total. The van der Waals surface area contributed by atoms with E-state index in [9.17, 15) is 24.8 Å². The zero-order chi connectivity index (χ0) is 17.0. The summed E-state index contributed by atoms with van der Waals surface area (Å²) >= 11 is 0.654. The lowest BCUT2D eigenvalue weighted by molar-refractivity contribution is -0.384. The second-order valence-corrected chi connectivity index (χ2v) is 5.98. The summed E-state index contributed by atoms with van der Waals surface area (Å²) in [5.74, 6) is -1.21. The van der Waals surface area contributed by atoms with Crippen molar-refractivity contribution >= 4 is 23.0 Å². The molecule has 0 fully saturated rings. The van der Waals surface area contributed by atoms with E-state index in [1.54, 1.807) is 6.07 Å². The number of nitro benzene ring substituents is 1. The highest BCUT2D eigenvalue weighted by molar-refractivity contribution is 7.11. The number of carboxylic acids is 1. The summed E-state index contributed by atoms with van der Waals surface area (Å²) in [6.45, 7) is 2.43. The van der Waals surface area contributed by atoms with Crippen molar-refractivity contribution < 1.29 is 14.8 Å². The molecular weight excluding hydrogens is 320 g/mol. The summed E-state index contributed by atoms with van der Waals surface area (Å²) in [4.78, 5) is 33.5. The number of aromatic nitrogens is 1. The first kappa shape index (κ1) is 16.9. The summed E-state index contributed by atoms with van der Waals surface area (Å²) in [6, 6.07) is 5.69. The van der Waals surface area contributed by atoms with Crippen LogP contribution in [0.15, 0.2) is 29.1 Å². The number of thiazole rings is 1. The Morgan fingerprint density at radius 2 is 2.13 bits per heavy atom. The standard InChI is InChI=1S/C15H16N2O5S/c1-2-3-4-8-16-12(13(14(18)19)23-15(16)20)10-6-5-7-11(9-10)17(21)22/h5-7,9H,2-4,8H2,1H3,(H,18,19). The van der Waals surface area contributed by atoms with E-state index in [2.05, 4.69) is 0 Å². The molecule has 0 bridgehead atoms. The number of benzene rings is 1. The fraction of sp³-hybridized carbons (Fsp3) is 0.333. The minimum atomic E-state index is -1.21. The van der Waals surface area contributed by atoms with Gasteiger partial charge in [0.15, 0.2) is 0 Å². The Bertz CT molecular complexity index is 793. The zero-order valence-corrected chi connectivity index (χ0v) is 13.3. The van der Waals surface area contributed by atoms with Gasteiger partial charge in [-0.1, -0.05) is 43.2 Å². The molecule has 2 aromatic rings. The summed E-state index contributed by atoms with van der Waals surface area (Å²) in [6.07, 6.45) is 2.63. The molecule has 1 N–H and O–H groups in total. The van der Waals surface area contributed by atoms with E-state index >= 15 is 0 Å². The lowest BCUT2D eigenvalue weighted by atomic mass is 10.1. The van der Waals surface area contributed by atoms with Crippen molar-refractivity contribution in [2.24, 2.45) is 0 Å². The molecule has 2 rings (SSSR count). The predicted molar refractivity (Wildman–Crippen MR) is 87.2 cm³/mol. The number of aromatic carboxylic acids is 1. The molecule has 8 heteroatoms. The fourth-order valence-corrected chi connectivity index (χ4v) is 3.21. The molecule has 0 aliphatic heterocycles. The molecule has 122 valence electrons. The van der Waals surface area contributed by atoms with Crippen LogP contribution in [0.3, 0.4) is 0 Å². The van der Waals surface area contributed by atoms with E-state index in [0.717, 1.165) is 19.3 Å². The third-order valence-corrected chi connectivity index (χ3v) is 4.37. The third-order valence-electron chi connectivity index (χ3n) is 3.40. The van der Waals surface area contributed by atoms with E-state index in [-0.39, 0.29) is 21.1 Å². The monoisotopic (exact) mass is 336 g/mol. The minimum absolute atomic E-state index is 0.0907. The number of carbonyl (C=O) groups is 1. The Morgan fingerprint density at radius 3 is 2.74 bits per heavy atom. The molecule has 0 aliphatic rings. The van der Waals surface area contributed by atoms with Crippen LogP contribution in [0.5, 0.6) is 0 Å². The van der Waals surface area contributed by atoms with Gasteiger partial charge >= 0.3 is 10.8 Å². The maximum Gasteiger partial charge on any atom is 0.348 e. The first-order valence-electron chi connectivity index (χ1n) is 7.17. The highest BCUT2D eigenvalue weighted by atomic mass is 32.1. The van der Waals surface area contributed by atoms with Crippen LogP contribution in [0.1, 0.15) is 35.9 Å². The Kier molecular flexibility index (Phi) is 5.28. The highest BCUT2D eigenvalue weighted by Gasteiger charge is 2.22. The molecule has 0 radical (unpaired) electrons. The molecule has 23 heavy (non-hydrogen) atoms. The normalized spacial score (nSPS) is 10.7. The Balaban J connectivity index is 2.58. The first-order chi connectivity index (χ1) is 11.0. The van der Waals surface area contributed by atoms with E-state index in [0.29, 0.717) is 23.4 Å². The van der Waals surface area contributed by atoms with Gasteiger partial charge in [0.1, 0.15) is 4.88 Å². The van der Waals surface area contributed by atoms with Gasteiger partial charge in [0.2, 0.25) is 0 Å². The van der Waals surface area contributed by atoms with Crippen molar-refractivity contribution in [3.63, 3.8) is 0 Å². The van der Waals surface area contributed by atoms with Crippen LogP contribution >= 0.6 is 11.3 Å². The van der Waals surface area contributed by atoms with Crippen LogP contribution in [0, 0.1) is 10.1 Å². The lowest BCUT2D eigenvalue weighted by Crippen LogP contribution is -2.14. The van der Waals surface area contributed by atoms with Gasteiger partial charge in [-0.15, -0.1) is 0 Å². The molecule has 0 amide bonds. The molecule has 0 saturated carbocycles. The van der Waals surface area contributed by atoms with Gasteiger partial charge in [-0.25, -0.2) is 4.79 Å². The van der Waals surface area contributed by atoms with Gasteiger partial charge in [-0.05, 0) is 6.42 Å². The molecular formula is C15H16N2O5S. The van der Waals surface area contributed by atoms with Gasteiger partial charge in [0, 0.05) is 24.2 Å². The highest BCUT2D eigenvalue weighted by Crippen LogP contribution is 2.29. The van der Waals surface area contributed by atoms with E-state index in [1.807, 2.05) is 6.92 Å². The molecule has 0 unspecified atom stereocenters. The van der Waals surface area contributed by atoms with Gasteiger partial charge in [0.25, 0.3) is 5.69 Å². The zero-order valence-electron chi connectivity index (χ0n) is 12.5. The van der Waals surface area contributed by atoms with Gasteiger partial charge in [-0.3, -0.25) is 19.5 Å². The SMILES string of the molecule is CCCCCn1c(-c2cccc([N+](=O)[O-])c2)c(C(=O)O)sc1=O. The van der Waals surface area contributed by atoms with Gasteiger partial charge < -0.3 is 5.11 Å². The second kappa shape index (κ2) is 7.19. The fourth-order valence-electron chi connectivity index (χ4n) is 2.33. The molecule has 0 saturated heterocycles. The number of nitrogens with zero attached hydrogens (tertiary/aromatic N) is 2. The van der Waals surface area contributed by atoms with Crippen molar-refractivity contribution in [2.75, 3.05) is 0 Å². The van der Waals surface area contributed by atoms with Crippen molar-refractivity contribution in [3.8, 4) is 11.3 Å². The Labute approximate surface area is 136 Å². The van der Waals surface area contributed by atoms with Crippen molar-refractivity contribution in [3.05, 3.63) is 48.9 Å². The van der Waals surface area contributed by atoms with Crippen LogP contribution in [0.2, 0.25) is 0 Å². The Morgan fingerprint density at radius 1 is 1.39 bits per heavy atom. The van der Waals surface area contributed by atoms with E-state index in [4.69, 9.17) is 0 Å². The van der Waals surface area contributed by atoms with Crippen LogP contribution in [0.4, 0.5) is 5.69 Å². The van der Waals surface area contributed by atoms with Crippen LogP contribution in [-0.2, 0) is 6.54 Å². The molecule has 1 heterocycles.